The molecule has 0 heterocycles. The predicted molar refractivity (Wildman–Crippen MR) is 90.1 cm³/mol. The van der Waals surface area contributed by atoms with E-state index in [1.54, 1.807) is 12.1 Å². The van der Waals surface area contributed by atoms with Crippen LogP contribution >= 0.6 is 11.6 Å². The first-order chi connectivity index (χ1) is 11.1. The largest absolute Gasteiger partial charge is 0.455 e. The Morgan fingerprint density at radius 2 is 1.78 bits per heavy atom. The van der Waals surface area contributed by atoms with Gasteiger partial charge in [0.2, 0.25) is 0 Å². The van der Waals surface area contributed by atoms with Crippen molar-refractivity contribution in [3.8, 4) is 11.5 Å². The Labute approximate surface area is 139 Å². The number of ether oxygens (including phenoxy) is 1. The molecule has 0 radical (unpaired) electrons. The number of halogens is 1. The van der Waals surface area contributed by atoms with E-state index in [1.807, 2.05) is 36.4 Å². The topological polar surface area (TPSA) is 86.2 Å². The van der Waals surface area contributed by atoms with E-state index in [9.17, 15) is 4.79 Å². The Hall–Kier alpha value is -2.73. The van der Waals surface area contributed by atoms with Crippen molar-refractivity contribution in [2.75, 3.05) is 7.05 Å². The fraction of sp³-hybridized carbons (Fsp3) is 0.125. The van der Waals surface area contributed by atoms with Gasteiger partial charge in [-0.05, 0) is 18.2 Å². The Morgan fingerprint density at radius 1 is 1.13 bits per heavy atom. The Balaban J connectivity index is 2.05. The molecule has 2 amide bonds. The molecule has 2 rings (SSSR count). The number of guanidine groups is 1. The van der Waals surface area contributed by atoms with E-state index in [4.69, 9.17) is 21.7 Å². The molecule has 120 valence electrons. The van der Waals surface area contributed by atoms with E-state index in [2.05, 4.69) is 16.0 Å². The molecule has 7 heteroatoms. The first-order valence-corrected chi connectivity index (χ1v) is 7.29. The van der Waals surface area contributed by atoms with Gasteiger partial charge in [0.25, 0.3) is 0 Å². The minimum Gasteiger partial charge on any atom is -0.455 e. The van der Waals surface area contributed by atoms with E-state index >= 15 is 0 Å². The molecule has 0 spiro atoms. The molecule has 6 nitrogen and oxygen atoms in total. The van der Waals surface area contributed by atoms with Crippen molar-refractivity contribution in [2.24, 2.45) is 0 Å². The van der Waals surface area contributed by atoms with Crippen LogP contribution in [0.2, 0.25) is 5.02 Å². The number of urea groups is 1. The van der Waals surface area contributed by atoms with Crippen molar-refractivity contribution in [1.29, 1.82) is 5.41 Å². The standard InChI is InChI=1S/C16H17ClN4O2/c1-19-16(22)21-15(18)20-10-11-6-2-4-8-13(11)23-14-9-5-3-7-12(14)17/h2-9H,10H2,1H3,(H4,18,19,20,21,22). The third-order valence-corrected chi connectivity index (χ3v) is 3.26. The highest BCUT2D eigenvalue weighted by Gasteiger charge is 2.08. The highest BCUT2D eigenvalue weighted by atomic mass is 35.5. The second-order valence-electron chi connectivity index (χ2n) is 4.57. The second kappa shape index (κ2) is 8.05. The van der Waals surface area contributed by atoms with Gasteiger partial charge in [-0.3, -0.25) is 10.7 Å². The SMILES string of the molecule is CNC(=O)NC(=N)NCc1ccccc1Oc1ccccc1Cl. The van der Waals surface area contributed by atoms with Crippen LogP contribution < -0.4 is 20.7 Å². The molecule has 2 aromatic rings. The number of carbonyl (C=O) groups is 1. The molecule has 0 saturated heterocycles. The van der Waals surface area contributed by atoms with Crippen LogP contribution in [0.5, 0.6) is 11.5 Å². The van der Waals surface area contributed by atoms with Crippen LogP contribution in [0, 0.1) is 5.41 Å². The summed E-state index contributed by atoms with van der Waals surface area (Å²) >= 11 is 6.10. The van der Waals surface area contributed by atoms with Gasteiger partial charge in [-0.15, -0.1) is 0 Å². The molecule has 0 aliphatic carbocycles. The third kappa shape index (κ3) is 4.89. The van der Waals surface area contributed by atoms with Gasteiger partial charge in [0.15, 0.2) is 5.96 Å². The van der Waals surface area contributed by atoms with Gasteiger partial charge in [0.1, 0.15) is 11.5 Å². The molecule has 0 aliphatic rings. The minimum atomic E-state index is -0.455. The first kappa shape index (κ1) is 16.6. The average Bonchev–Trinajstić information content (AvgIpc) is 2.56. The zero-order valence-corrected chi connectivity index (χ0v) is 13.3. The quantitative estimate of drug-likeness (QED) is 0.512. The van der Waals surface area contributed by atoms with Crippen molar-refractivity contribution in [2.45, 2.75) is 6.54 Å². The Bertz CT molecular complexity index is 706. The van der Waals surface area contributed by atoms with E-state index in [0.717, 1.165) is 5.56 Å². The van der Waals surface area contributed by atoms with Crippen LogP contribution in [0.1, 0.15) is 5.56 Å². The van der Waals surface area contributed by atoms with Gasteiger partial charge in [-0.25, -0.2) is 4.79 Å². The van der Waals surface area contributed by atoms with Crippen molar-refractivity contribution in [3.63, 3.8) is 0 Å². The molecule has 0 aliphatic heterocycles. The number of rotatable bonds is 4. The molecule has 0 fully saturated rings. The number of hydrogen-bond acceptors (Lipinski definition) is 3. The predicted octanol–water partition coefficient (Wildman–Crippen LogP) is 3.09. The van der Waals surface area contributed by atoms with E-state index in [-0.39, 0.29) is 5.96 Å². The second-order valence-corrected chi connectivity index (χ2v) is 4.98. The van der Waals surface area contributed by atoms with Gasteiger partial charge in [0.05, 0.1) is 5.02 Å². The van der Waals surface area contributed by atoms with E-state index < -0.39 is 6.03 Å². The summed E-state index contributed by atoms with van der Waals surface area (Å²) in [6.07, 6.45) is 0. The number of nitrogens with one attached hydrogen (secondary N) is 4. The van der Waals surface area contributed by atoms with Crippen molar-refractivity contribution >= 4 is 23.6 Å². The van der Waals surface area contributed by atoms with Crippen LogP contribution in [0.4, 0.5) is 4.79 Å². The lowest BCUT2D eigenvalue weighted by atomic mass is 10.2. The number of amides is 2. The lowest BCUT2D eigenvalue weighted by Crippen LogP contribution is -2.43. The van der Waals surface area contributed by atoms with Crippen LogP contribution in [0.25, 0.3) is 0 Å². The van der Waals surface area contributed by atoms with Gasteiger partial charge >= 0.3 is 6.03 Å². The highest BCUT2D eigenvalue weighted by Crippen LogP contribution is 2.30. The summed E-state index contributed by atoms with van der Waals surface area (Å²) in [5.74, 6) is 1.08. The fourth-order valence-electron chi connectivity index (χ4n) is 1.80. The monoisotopic (exact) mass is 332 g/mol. The molecular weight excluding hydrogens is 316 g/mol. The number of carbonyl (C=O) groups excluding carboxylic acids is 1. The van der Waals surface area contributed by atoms with Gasteiger partial charge in [0, 0.05) is 19.2 Å². The van der Waals surface area contributed by atoms with Crippen LogP contribution in [-0.4, -0.2) is 19.0 Å². The molecule has 4 N–H and O–H groups in total. The van der Waals surface area contributed by atoms with Gasteiger partial charge in [-0.2, -0.15) is 0 Å². The lowest BCUT2D eigenvalue weighted by molar-refractivity contribution is 0.247. The molecule has 0 atom stereocenters. The van der Waals surface area contributed by atoms with Crippen LogP contribution in [0.15, 0.2) is 48.5 Å². The van der Waals surface area contributed by atoms with Crippen molar-refractivity contribution < 1.29 is 9.53 Å². The summed E-state index contributed by atoms with van der Waals surface area (Å²) in [6.45, 7) is 0.323. The number of para-hydroxylation sites is 2. The van der Waals surface area contributed by atoms with Crippen molar-refractivity contribution in [1.82, 2.24) is 16.0 Å². The third-order valence-electron chi connectivity index (χ3n) is 2.95. The fourth-order valence-corrected chi connectivity index (χ4v) is 1.97. The molecule has 0 aromatic heterocycles. The van der Waals surface area contributed by atoms with Gasteiger partial charge in [-0.1, -0.05) is 41.9 Å². The number of hydrogen-bond donors (Lipinski definition) is 4. The highest BCUT2D eigenvalue weighted by molar-refractivity contribution is 6.32. The van der Waals surface area contributed by atoms with E-state index in [1.165, 1.54) is 7.05 Å². The molecule has 0 bridgehead atoms. The summed E-state index contributed by atoms with van der Waals surface area (Å²) in [7, 11) is 1.48. The molecule has 23 heavy (non-hydrogen) atoms. The van der Waals surface area contributed by atoms with Gasteiger partial charge < -0.3 is 15.4 Å². The summed E-state index contributed by atoms with van der Waals surface area (Å²) in [6, 6.07) is 14.1. The van der Waals surface area contributed by atoms with Crippen molar-refractivity contribution in [3.05, 3.63) is 59.1 Å². The molecule has 0 saturated carbocycles. The molecule has 0 unspecified atom stereocenters. The molecule has 2 aromatic carbocycles. The first-order valence-electron chi connectivity index (χ1n) is 6.91. The van der Waals surface area contributed by atoms with Crippen LogP contribution in [0.3, 0.4) is 0 Å². The summed E-state index contributed by atoms with van der Waals surface area (Å²) < 4.78 is 5.83. The zero-order chi connectivity index (χ0) is 16.7. The Morgan fingerprint density at radius 3 is 2.48 bits per heavy atom. The van der Waals surface area contributed by atoms with Crippen LogP contribution in [-0.2, 0) is 6.54 Å². The average molecular weight is 333 g/mol. The summed E-state index contributed by atoms with van der Waals surface area (Å²) in [4.78, 5) is 11.1. The maximum Gasteiger partial charge on any atom is 0.321 e. The lowest BCUT2D eigenvalue weighted by Gasteiger charge is -2.14. The normalized spacial score (nSPS) is 9.83. The smallest absolute Gasteiger partial charge is 0.321 e. The zero-order valence-electron chi connectivity index (χ0n) is 12.5. The summed E-state index contributed by atoms with van der Waals surface area (Å²) in [5.41, 5.74) is 0.830. The number of benzene rings is 2. The maximum absolute atomic E-state index is 11.1. The maximum atomic E-state index is 11.1. The summed E-state index contributed by atoms with van der Waals surface area (Å²) in [5, 5.41) is 15.7. The van der Waals surface area contributed by atoms with E-state index in [0.29, 0.717) is 23.1 Å². The minimum absolute atomic E-state index is 0.100. The molecular formula is C16H17ClN4O2. The Kier molecular flexibility index (Phi) is 5.82.